The van der Waals surface area contributed by atoms with Crippen molar-refractivity contribution in [2.24, 2.45) is 4.99 Å². The number of carbonyl (C=O) groups is 3. The van der Waals surface area contributed by atoms with Crippen LogP contribution in [0.15, 0.2) is 32.0 Å². The molecule has 2 aliphatic rings. The van der Waals surface area contributed by atoms with E-state index in [2.05, 4.69) is 31.8 Å². The van der Waals surface area contributed by atoms with E-state index in [0.717, 1.165) is 34.8 Å². The van der Waals surface area contributed by atoms with Crippen LogP contribution in [-0.2, 0) is 19.1 Å². The molecular weight excluding hydrogens is 635 g/mol. The van der Waals surface area contributed by atoms with Crippen LogP contribution in [0, 0.1) is 0 Å². The van der Waals surface area contributed by atoms with E-state index in [0.29, 0.717) is 23.0 Å². The molecule has 13 nitrogen and oxygen atoms in total. The molecule has 2 amide bonds. The Morgan fingerprint density at radius 1 is 1.19 bits per heavy atom. The van der Waals surface area contributed by atoms with Gasteiger partial charge in [-0.2, -0.15) is 4.98 Å². The molecule has 2 aromatic rings. The molecule has 17 heteroatoms. The first kappa shape index (κ1) is 33.2. The molecule has 1 fully saturated rings. The number of nitrogens with two attached hydrogens (primary N) is 1. The van der Waals surface area contributed by atoms with Gasteiger partial charge in [0.2, 0.25) is 5.88 Å². The Morgan fingerprint density at radius 3 is 2.63 bits per heavy atom. The van der Waals surface area contributed by atoms with E-state index in [1.165, 1.54) is 77.4 Å². The molecule has 0 saturated carbocycles. The first-order valence-electron chi connectivity index (χ1n) is 14.0. The van der Waals surface area contributed by atoms with Gasteiger partial charge < -0.3 is 25.3 Å². The number of hydrogen-bond donors (Lipinski definition) is 2. The quantitative estimate of drug-likeness (QED) is 0.0785. The maximum Gasteiger partial charge on any atom is 0.414 e. The van der Waals surface area contributed by atoms with Crippen molar-refractivity contribution in [3.05, 3.63) is 22.8 Å². The standard InChI is InChI=1S/C26H35N7O6S4/c1-3-4-5-6-7-8-9-10-11-37-15-38-24(35)20-16(13-40-18-12-29-32-43-18)21(28-2)42-23-19(22(34)33(20)23)31-26(36)39-17-14-41-25(27)30-17/h12,14,19,23H,3-11,13,15H2,1-2H3,(H2,27,30)(H,31,36)/t19-,23+/m1/s1. The Morgan fingerprint density at radius 2 is 1.95 bits per heavy atom. The predicted molar refractivity (Wildman–Crippen MR) is 168 cm³/mol. The lowest BCUT2D eigenvalue weighted by molar-refractivity contribution is -0.159. The number of amides is 2. The van der Waals surface area contributed by atoms with Gasteiger partial charge in [0, 0.05) is 18.4 Å². The van der Waals surface area contributed by atoms with E-state index >= 15 is 0 Å². The maximum absolute atomic E-state index is 13.4. The topological polar surface area (TPSA) is 171 Å². The first-order chi connectivity index (χ1) is 20.9. The van der Waals surface area contributed by atoms with Crippen LogP contribution in [0.25, 0.3) is 0 Å². The monoisotopic (exact) mass is 669 g/mol. The molecule has 0 aromatic carbocycles. The highest BCUT2D eigenvalue weighted by Crippen LogP contribution is 2.43. The van der Waals surface area contributed by atoms with Gasteiger partial charge >= 0.3 is 12.1 Å². The van der Waals surface area contributed by atoms with Crippen molar-refractivity contribution < 1.29 is 28.6 Å². The molecule has 2 aromatic heterocycles. The largest absolute Gasteiger partial charge is 0.434 e. The van der Waals surface area contributed by atoms with Crippen LogP contribution >= 0.6 is 46.4 Å². The number of unbranched alkanes of at least 4 members (excludes halogenated alkanes) is 7. The average molecular weight is 670 g/mol. The number of thioether (sulfide) groups is 2. The molecule has 0 unspecified atom stereocenters. The van der Waals surface area contributed by atoms with Crippen LogP contribution in [0.2, 0.25) is 0 Å². The van der Waals surface area contributed by atoms with Gasteiger partial charge in [-0.05, 0) is 18.0 Å². The number of esters is 1. The minimum Gasteiger partial charge on any atom is -0.434 e. The molecule has 2 atom stereocenters. The SMILES string of the molecule is CCCCCCCCCCOCOC(=O)C1=C(CSc2cnns2)C(=NC)S[C@H]2[C@H](NC(=O)Oc3csc(N)n3)C(=O)N12. The molecule has 0 aliphatic carbocycles. The number of aromatic nitrogens is 3. The summed E-state index contributed by atoms with van der Waals surface area (Å²) in [7, 11) is 1.61. The van der Waals surface area contributed by atoms with E-state index in [9.17, 15) is 14.4 Å². The summed E-state index contributed by atoms with van der Waals surface area (Å²) < 4.78 is 20.9. The van der Waals surface area contributed by atoms with Crippen molar-refractivity contribution >= 4 is 74.5 Å². The van der Waals surface area contributed by atoms with Crippen molar-refractivity contribution in [3.63, 3.8) is 0 Å². The smallest absolute Gasteiger partial charge is 0.414 e. The Hall–Kier alpha value is -2.73. The molecule has 2 aliphatic heterocycles. The normalized spacial score (nSPS) is 18.9. The van der Waals surface area contributed by atoms with E-state index in [1.807, 2.05) is 0 Å². The fourth-order valence-corrected chi connectivity index (χ4v) is 7.70. The van der Waals surface area contributed by atoms with Crippen molar-refractivity contribution in [3.8, 4) is 5.88 Å². The van der Waals surface area contributed by atoms with Crippen molar-refractivity contribution in [2.75, 3.05) is 31.9 Å². The number of nitrogens with zero attached hydrogens (tertiary/aromatic N) is 5. The molecule has 43 heavy (non-hydrogen) atoms. The number of ether oxygens (including phenoxy) is 3. The lowest BCUT2D eigenvalue weighted by Gasteiger charge is -2.49. The van der Waals surface area contributed by atoms with Gasteiger partial charge in [0.25, 0.3) is 5.91 Å². The van der Waals surface area contributed by atoms with Crippen LogP contribution in [0.3, 0.4) is 0 Å². The second-order valence-electron chi connectivity index (χ2n) is 9.57. The van der Waals surface area contributed by atoms with Crippen LogP contribution in [0.1, 0.15) is 58.3 Å². The summed E-state index contributed by atoms with van der Waals surface area (Å²) in [6.45, 7) is 2.45. The molecule has 0 spiro atoms. The highest BCUT2D eigenvalue weighted by atomic mass is 32.2. The zero-order valence-corrected chi connectivity index (χ0v) is 27.2. The predicted octanol–water partition coefficient (Wildman–Crippen LogP) is 4.68. The summed E-state index contributed by atoms with van der Waals surface area (Å²) in [5.41, 5.74) is 6.21. The number of carbonyl (C=O) groups excluding carboxylic acids is 3. The number of anilines is 1. The number of hydrogen-bond acceptors (Lipinski definition) is 15. The van der Waals surface area contributed by atoms with Crippen LogP contribution in [0.5, 0.6) is 5.88 Å². The van der Waals surface area contributed by atoms with E-state index < -0.39 is 29.4 Å². The Balaban J connectivity index is 1.37. The number of thiazole rings is 1. The summed E-state index contributed by atoms with van der Waals surface area (Å²) in [4.78, 5) is 48.8. The van der Waals surface area contributed by atoms with Gasteiger partial charge in [-0.3, -0.25) is 14.7 Å². The van der Waals surface area contributed by atoms with E-state index in [-0.39, 0.29) is 23.5 Å². The lowest BCUT2D eigenvalue weighted by Crippen LogP contribution is -2.71. The van der Waals surface area contributed by atoms with Gasteiger partial charge in [-0.15, -0.1) is 28.2 Å². The van der Waals surface area contributed by atoms with Gasteiger partial charge in [-0.1, -0.05) is 68.1 Å². The third-order valence-corrected chi connectivity index (χ3v) is 10.4. The maximum atomic E-state index is 13.4. The highest BCUT2D eigenvalue weighted by Gasteiger charge is 2.56. The van der Waals surface area contributed by atoms with Crippen LogP contribution in [-0.4, -0.2) is 80.1 Å². The highest BCUT2D eigenvalue weighted by molar-refractivity contribution is 8.15. The summed E-state index contributed by atoms with van der Waals surface area (Å²) in [6, 6.07) is -0.953. The molecular formula is C26H35N7O6S4. The summed E-state index contributed by atoms with van der Waals surface area (Å²) >= 11 is 5.04. The zero-order chi connectivity index (χ0) is 30.6. The summed E-state index contributed by atoms with van der Waals surface area (Å²) in [5, 5.41) is 8.07. The Labute approximate surface area is 266 Å². The number of fused-ring (bicyclic) bond motifs is 1. The third kappa shape index (κ3) is 9.14. The van der Waals surface area contributed by atoms with Gasteiger partial charge in [0.1, 0.15) is 21.3 Å². The third-order valence-electron chi connectivity index (χ3n) is 6.54. The second-order valence-corrected chi connectivity index (χ2v) is 13.6. The molecule has 4 rings (SSSR count). The fraction of sp³-hybridized carbons (Fsp3) is 0.577. The van der Waals surface area contributed by atoms with Gasteiger partial charge in [-0.25, -0.2) is 9.59 Å². The lowest BCUT2D eigenvalue weighted by atomic mass is 10.0. The fourth-order valence-electron chi connectivity index (χ4n) is 4.42. The number of β-lactam (4-membered cyclic amide) rings is 1. The van der Waals surface area contributed by atoms with Crippen LogP contribution < -0.4 is 15.8 Å². The number of rotatable bonds is 17. The molecule has 1 saturated heterocycles. The minimum absolute atomic E-state index is 0.0312. The summed E-state index contributed by atoms with van der Waals surface area (Å²) in [5.74, 6) is -0.817. The van der Waals surface area contributed by atoms with Crippen LogP contribution in [0.4, 0.5) is 9.93 Å². The molecule has 234 valence electrons. The van der Waals surface area contributed by atoms with Crippen molar-refractivity contribution in [1.82, 2.24) is 24.8 Å². The zero-order valence-electron chi connectivity index (χ0n) is 24.0. The van der Waals surface area contributed by atoms with Crippen molar-refractivity contribution in [1.29, 1.82) is 0 Å². The van der Waals surface area contributed by atoms with Gasteiger partial charge in [0.05, 0.1) is 23.2 Å². The molecule has 3 N–H and O–H groups in total. The minimum atomic E-state index is -0.953. The number of nitrogens with one attached hydrogen (secondary N) is 1. The molecule has 0 radical (unpaired) electrons. The van der Waals surface area contributed by atoms with Gasteiger partial charge in [0.15, 0.2) is 11.9 Å². The Kier molecular flexibility index (Phi) is 13.1. The average Bonchev–Trinajstić information content (AvgIpc) is 3.68. The number of nitrogen functional groups attached to an aromatic ring is 1. The Bertz CT molecular complexity index is 1300. The first-order valence-corrected chi connectivity index (χ1v) is 17.5. The van der Waals surface area contributed by atoms with Crippen molar-refractivity contribution in [2.45, 2.75) is 73.9 Å². The number of aliphatic imine (C=N–C) groups is 1. The second kappa shape index (κ2) is 16.9. The van der Waals surface area contributed by atoms with E-state index in [1.54, 1.807) is 13.2 Å². The molecule has 0 bridgehead atoms. The molecule has 4 heterocycles. The summed E-state index contributed by atoms with van der Waals surface area (Å²) in [6.07, 6.45) is 10.2. The van der Waals surface area contributed by atoms with E-state index in [4.69, 9.17) is 19.9 Å².